The summed E-state index contributed by atoms with van der Waals surface area (Å²) in [4.78, 5) is 118. The summed E-state index contributed by atoms with van der Waals surface area (Å²) in [5, 5.41) is 22.2. The number of nitrogens with one attached hydrogen (secondary N) is 6. The number of aromatic amines is 1. The van der Waals surface area contributed by atoms with Gasteiger partial charge in [0.2, 0.25) is 41.4 Å². The largest absolute Gasteiger partial charge is 0.481 e. The summed E-state index contributed by atoms with van der Waals surface area (Å²) >= 11 is 0. The number of hydrogen-bond donors (Lipinski definition) is 8. The standard InChI is InChI=1S/C33H42N8O11S2/c1-17-33(51)41-14-19(52-15-18-12-35-21-5-3-2-4-20(18)21)10-25(41)32(50)40-24(29(34)47)16-54-53-9-7-26(43)38-22(6-8-42)30(48)36-13-27(44)39-23(11-28(45)46)31(49)37-17/h2-5,8,12,17,19,22-25,35H,6-7,9-11,13-16H2,1H3,(H2,34,47)(H,36,48)(H,37,49)(H,38,43)(H,39,44)(H,40,50)(H,45,46). The Kier molecular flexibility index (Phi) is 15.2. The van der Waals surface area contributed by atoms with Crippen molar-refractivity contribution in [2.45, 2.75) is 75.5 Å². The molecule has 0 aliphatic carbocycles. The molecule has 3 heterocycles. The summed E-state index contributed by atoms with van der Waals surface area (Å²) in [5.41, 5.74) is 7.34. The number of ether oxygens (including phenoxy) is 1. The third-order valence-corrected chi connectivity index (χ3v) is 11.0. The number of nitrogens with zero attached hydrogens (tertiary/aromatic N) is 1. The summed E-state index contributed by atoms with van der Waals surface area (Å²) < 4.78 is 6.16. The van der Waals surface area contributed by atoms with Crippen molar-refractivity contribution in [3.8, 4) is 0 Å². The molecule has 0 spiro atoms. The molecule has 0 saturated carbocycles. The molecule has 2 fully saturated rings. The van der Waals surface area contributed by atoms with E-state index in [4.69, 9.17) is 10.5 Å². The van der Waals surface area contributed by atoms with Crippen LogP contribution in [0, 0.1) is 0 Å². The fourth-order valence-corrected chi connectivity index (χ4v) is 7.95. The molecule has 292 valence electrons. The minimum atomic E-state index is -1.69. The second kappa shape index (κ2) is 19.8. The molecule has 19 nitrogen and oxygen atoms in total. The molecule has 54 heavy (non-hydrogen) atoms. The number of carbonyl (C=O) groups is 9. The predicted molar refractivity (Wildman–Crippen MR) is 195 cm³/mol. The van der Waals surface area contributed by atoms with E-state index in [0.717, 1.165) is 27.3 Å². The number of para-hydroxylation sites is 1. The summed E-state index contributed by atoms with van der Waals surface area (Å²) in [6.45, 7) is 0.646. The first kappa shape index (κ1) is 41.6. The molecule has 6 unspecified atom stereocenters. The van der Waals surface area contributed by atoms with Crippen LogP contribution < -0.4 is 32.3 Å². The lowest BCUT2D eigenvalue weighted by Crippen LogP contribution is -2.58. The third kappa shape index (κ3) is 11.7. The zero-order chi connectivity index (χ0) is 39.4. The molecular formula is C33H42N8O11S2. The Balaban J connectivity index is 1.56. The van der Waals surface area contributed by atoms with E-state index < -0.39 is 103 Å². The van der Waals surface area contributed by atoms with E-state index >= 15 is 0 Å². The molecule has 7 amide bonds. The highest BCUT2D eigenvalue weighted by Gasteiger charge is 2.43. The quantitative estimate of drug-likeness (QED) is 0.107. The van der Waals surface area contributed by atoms with Crippen LogP contribution in [0.1, 0.15) is 38.2 Å². The average Bonchev–Trinajstić information content (AvgIpc) is 3.75. The topological polar surface area (TPSA) is 288 Å². The van der Waals surface area contributed by atoms with Gasteiger partial charge in [-0.2, -0.15) is 0 Å². The van der Waals surface area contributed by atoms with Gasteiger partial charge in [-0.25, -0.2) is 0 Å². The molecule has 21 heteroatoms. The fraction of sp³-hybridized carbons (Fsp3) is 0.485. The van der Waals surface area contributed by atoms with Gasteiger partial charge in [-0.15, -0.1) is 0 Å². The summed E-state index contributed by atoms with van der Waals surface area (Å²) in [5.74, 6) is -7.02. The van der Waals surface area contributed by atoms with E-state index in [1.54, 1.807) is 6.20 Å². The van der Waals surface area contributed by atoms with Gasteiger partial charge in [-0.05, 0) is 13.0 Å². The molecule has 2 saturated heterocycles. The smallest absolute Gasteiger partial charge is 0.305 e. The van der Waals surface area contributed by atoms with E-state index in [0.29, 0.717) is 6.29 Å². The van der Waals surface area contributed by atoms with Crippen molar-refractivity contribution < 1.29 is 53.0 Å². The lowest BCUT2D eigenvalue weighted by atomic mass is 10.1. The Labute approximate surface area is 316 Å². The molecule has 4 rings (SSSR count). The van der Waals surface area contributed by atoms with Gasteiger partial charge in [0.15, 0.2) is 0 Å². The number of primary amides is 1. The Bertz CT molecular complexity index is 1760. The van der Waals surface area contributed by atoms with Gasteiger partial charge in [0, 0.05) is 60.0 Å². The first-order valence-electron chi connectivity index (χ1n) is 16.9. The molecule has 1 aromatic carbocycles. The number of carboxylic acid groups (broad SMARTS) is 1. The Morgan fingerprint density at radius 3 is 2.44 bits per heavy atom. The van der Waals surface area contributed by atoms with Crippen LogP contribution in [0.2, 0.25) is 0 Å². The number of aldehydes is 1. The van der Waals surface area contributed by atoms with Gasteiger partial charge in [0.25, 0.3) is 0 Å². The average molecular weight is 791 g/mol. The number of hydrogen-bond acceptors (Lipinski definition) is 12. The number of carbonyl (C=O) groups excluding carboxylic acids is 8. The highest BCUT2D eigenvalue weighted by molar-refractivity contribution is 8.76. The minimum Gasteiger partial charge on any atom is -0.481 e. The molecule has 0 bridgehead atoms. The van der Waals surface area contributed by atoms with Crippen molar-refractivity contribution >= 4 is 86.1 Å². The number of amides is 7. The molecule has 0 radical (unpaired) electrons. The van der Waals surface area contributed by atoms with E-state index in [1.807, 2.05) is 24.3 Å². The predicted octanol–water partition coefficient (Wildman–Crippen LogP) is -1.94. The number of nitrogens with two attached hydrogens (primary N) is 1. The second-order valence-electron chi connectivity index (χ2n) is 12.5. The number of H-pyrrole nitrogens is 1. The molecular weight excluding hydrogens is 749 g/mol. The second-order valence-corrected chi connectivity index (χ2v) is 15.2. The van der Waals surface area contributed by atoms with Gasteiger partial charge in [0.05, 0.1) is 25.7 Å². The third-order valence-electron chi connectivity index (χ3n) is 8.55. The van der Waals surface area contributed by atoms with Gasteiger partial charge in [-0.1, -0.05) is 39.8 Å². The summed E-state index contributed by atoms with van der Waals surface area (Å²) in [6.07, 6.45) is 0.170. The maximum absolute atomic E-state index is 13.9. The van der Waals surface area contributed by atoms with Gasteiger partial charge in [-0.3, -0.25) is 38.4 Å². The molecule has 1 aromatic heterocycles. The van der Waals surface area contributed by atoms with Crippen molar-refractivity contribution in [1.82, 2.24) is 36.5 Å². The minimum absolute atomic E-state index is 0.00312. The van der Waals surface area contributed by atoms with Crippen molar-refractivity contribution in [2.24, 2.45) is 5.73 Å². The Hall–Kier alpha value is -5.15. The summed E-state index contributed by atoms with van der Waals surface area (Å²) in [6, 6.07) is 0.900. The van der Waals surface area contributed by atoms with Crippen LogP contribution in [0.15, 0.2) is 30.5 Å². The highest BCUT2D eigenvalue weighted by Crippen LogP contribution is 2.26. The van der Waals surface area contributed by atoms with Crippen molar-refractivity contribution in [2.75, 3.05) is 24.6 Å². The number of aliphatic carboxylic acids is 1. The number of benzene rings is 1. The lowest BCUT2D eigenvalue weighted by molar-refractivity contribution is -0.143. The van der Waals surface area contributed by atoms with Crippen LogP contribution in [-0.4, -0.2) is 130 Å². The maximum Gasteiger partial charge on any atom is 0.305 e. The first-order chi connectivity index (χ1) is 25.8. The lowest BCUT2D eigenvalue weighted by Gasteiger charge is -2.28. The summed E-state index contributed by atoms with van der Waals surface area (Å²) in [7, 11) is 2.33. The van der Waals surface area contributed by atoms with E-state index in [1.165, 1.54) is 22.6 Å². The number of fused-ring (bicyclic) bond motifs is 2. The van der Waals surface area contributed by atoms with Crippen LogP contribution in [0.5, 0.6) is 0 Å². The zero-order valence-electron chi connectivity index (χ0n) is 29.2. The fourth-order valence-electron chi connectivity index (χ4n) is 5.78. The van der Waals surface area contributed by atoms with Crippen LogP contribution in [0.3, 0.4) is 0 Å². The monoisotopic (exact) mass is 790 g/mol. The molecule has 6 atom stereocenters. The maximum atomic E-state index is 13.9. The van der Waals surface area contributed by atoms with Gasteiger partial charge < -0.3 is 56.8 Å². The molecule has 2 aromatic rings. The van der Waals surface area contributed by atoms with Crippen LogP contribution in [-0.2, 0) is 54.5 Å². The SMILES string of the molecule is CC1NC(=O)C(CC(=O)O)NC(=O)CNC(=O)C(CC=O)NC(=O)CCSSCC(C(N)=O)NC(=O)C2CC(OCc3c[nH]c4ccccc34)CN2C1=O. The molecule has 2 aliphatic rings. The van der Waals surface area contributed by atoms with Crippen LogP contribution >= 0.6 is 21.6 Å². The van der Waals surface area contributed by atoms with Crippen LogP contribution in [0.25, 0.3) is 10.9 Å². The number of rotatable bonds is 8. The van der Waals surface area contributed by atoms with E-state index in [2.05, 4.69) is 31.6 Å². The normalized spacial score (nSPS) is 25.8. The van der Waals surface area contributed by atoms with Crippen molar-refractivity contribution in [3.63, 3.8) is 0 Å². The first-order valence-corrected chi connectivity index (χ1v) is 19.4. The molecule has 9 N–H and O–H groups in total. The van der Waals surface area contributed by atoms with E-state index in [9.17, 15) is 48.3 Å². The molecule has 2 aliphatic heterocycles. The van der Waals surface area contributed by atoms with Crippen molar-refractivity contribution in [1.29, 1.82) is 0 Å². The number of carboxylic acids is 1. The highest BCUT2D eigenvalue weighted by atomic mass is 33.1. The zero-order valence-corrected chi connectivity index (χ0v) is 30.8. The van der Waals surface area contributed by atoms with Gasteiger partial charge >= 0.3 is 5.97 Å². The number of aromatic nitrogens is 1. The van der Waals surface area contributed by atoms with Gasteiger partial charge in [0.1, 0.15) is 36.5 Å². The van der Waals surface area contributed by atoms with Crippen LogP contribution in [0.4, 0.5) is 0 Å². The Morgan fingerprint density at radius 2 is 1.72 bits per heavy atom. The van der Waals surface area contributed by atoms with Crippen molar-refractivity contribution in [3.05, 3.63) is 36.0 Å². The van der Waals surface area contributed by atoms with E-state index in [-0.39, 0.29) is 37.5 Å². The Morgan fingerprint density at radius 1 is 0.981 bits per heavy atom.